The summed E-state index contributed by atoms with van der Waals surface area (Å²) in [6.45, 7) is 2.04. The second kappa shape index (κ2) is 9.10. The van der Waals surface area contributed by atoms with Gasteiger partial charge in [0.15, 0.2) is 6.61 Å². The zero-order valence-corrected chi connectivity index (χ0v) is 16.4. The van der Waals surface area contributed by atoms with E-state index in [1.54, 1.807) is 31.2 Å². The lowest BCUT2D eigenvalue weighted by atomic mass is 10.0. The van der Waals surface area contributed by atoms with Crippen LogP contribution in [0.3, 0.4) is 0 Å². The Morgan fingerprint density at radius 2 is 2.07 bits per heavy atom. The molecule has 28 heavy (non-hydrogen) atoms. The highest BCUT2D eigenvalue weighted by Crippen LogP contribution is 2.29. The third kappa shape index (κ3) is 4.65. The molecular formula is C20H22ClNO6. The minimum Gasteiger partial charge on any atom is -0.488 e. The molecule has 0 N–H and O–H groups in total. The number of benzene rings is 1. The fourth-order valence-electron chi connectivity index (χ4n) is 3.28. The third-order valence-corrected chi connectivity index (χ3v) is 4.89. The number of rotatable bonds is 5. The molecular weight excluding hydrogens is 386 g/mol. The average molecular weight is 408 g/mol. The molecule has 8 heteroatoms. The van der Waals surface area contributed by atoms with Gasteiger partial charge in [0.2, 0.25) is 0 Å². The maximum Gasteiger partial charge on any atom is 0.338 e. The first-order valence-electron chi connectivity index (χ1n) is 9.25. The SMILES string of the molecule is CCOC(=O)C1CCCCN1C(=O)COC(=O)C1=Cc2cc(Cl)ccc2OC1. The van der Waals surface area contributed by atoms with Crippen molar-refractivity contribution in [3.05, 3.63) is 34.4 Å². The number of likely N-dealkylation sites (tertiary alicyclic amines) is 1. The van der Waals surface area contributed by atoms with Crippen LogP contribution in [0, 0.1) is 0 Å². The molecule has 0 aromatic heterocycles. The van der Waals surface area contributed by atoms with E-state index in [0.717, 1.165) is 12.8 Å². The first kappa shape index (κ1) is 20.2. The van der Waals surface area contributed by atoms with E-state index in [9.17, 15) is 14.4 Å². The number of fused-ring (bicyclic) bond motifs is 1. The van der Waals surface area contributed by atoms with Gasteiger partial charge in [0.05, 0.1) is 12.2 Å². The zero-order chi connectivity index (χ0) is 20.1. The standard InChI is InChI=1S/C20H22ClNO6/c1-2-26-20(25)16-5-3-4-8-22(16)18(23)12-28-19(24)14-9-13-10-15(21)6-7-17(13)27-11-14/h6-7,9-10,16H,2-5,8,11-12H2,1H3. The van der Waals surface area contributed by atoms with Crippen molar-refractivity contribution in [2.24, 2.45) is 0 Å². The molecule has 150 valence electrons. The molecule has 1 saturated heterocycles. The number of piperidine rings is 1. The van der Waals surface area contributed by atoms with E-state index in [1.807, 2.05) is 0 Å². The van der Waals surface area contributed by atoms with Gasteiger partial charge in [-0.05, 0) is 50.5 Å². The summed E-state index contributed by atoms with van der Waals surface area (Å²) in [6.07, 6.45) is 3.83. The molecule has 2 aliphatic heterocycles. The van der Waals surface area contributed by atoms with Gasteiger partial charge in [-0.15, -0.1) is 0 Å². The molecule has 0 saturated carbocycles. The summed E-state index contributed by atoms with van der Waals surface area (Å²) < 4.78 is 15.7. The highest BCUT2D eigenvalue weighted by molar-refractivity contribution is 6.30. The Bertz CT molecular complexity index is 806. The molecule has 1 aromatic rings. The average Bonchev–Trinajstić information content (AvgIpc) is 2.71. The van der Waals surface area contributed by atoms with Crippen molar-refractivity contribution in [2.45, 2.75) is 32.2 Å². The molecule has 0 spiro atoms. The summed E-state index contributed by atoms with van der Waals surface area (Å²) in [5.41, 5.74) is 0.971. The Hall–Kier alpha value is -2.54. The summed E-state index contributed by atoms with van der Waals surface area (Å²) in [6, 6.07) is 4.50. The van der Waals surface area contributed by atoms with Crippen LogP contribution in [0.1, 0.15) is 31.7 Å². The van der Waals surface area contributed by atoms with E-state index in [0.29, 0.717) is 34.9 Å². The van der Waals surface area contributed by atoms with E-state index in [4.69, 9.17) is 25.8 Å². The Balaban J connectivity index is 1.61. The van der Waals surface area contributed by atoms with Crippen LogP contribution >= 0.6 is 11.6 Å². The van der Waals surface area contributed by atoms with Gasteiger partial charge >= 0.3 is 11.9 Å². The lowest BCUT2D eigenvalue weighted by Crippen LogP contribution is -2.50. The highest BCUT2D eigenvalue weighted by Gasteiger charge is 2.33. The quantitative estimate of drug-likeness (QED) is 0.698. The number of hydrogen-bond donors (Lipinski definition) is 0. The molecule has 0 bridgehead atoms. The van der Waals surface area contributed by atoms with Crippen molar-refractivity contribution in [1.82, 2.24) is 4.90 Å². The fraction of sp³-hybridized carbons (Fsp3) is 0.450. The normalized spacial score (nSPS) is 18.4. The second-order valence-electron chi connectivity index (χ2n) is 6.57. The number of carbonyl (C=O) groups is 3. The summed E-state index contributed by atoms with van der Waals surface area (Å²) in [5, 5.41) is 0.526. The van der Waals surface area contributed by atoms with Crippen LogP contribution in [0.15, 0.2) is 23.8 Å². The number of ether oxygens (including phenoxy) is 3. The number of nitrogens with zero attached hydrogens (tertiary/aromatic N) is 1. The van der Waals surface area contributed by atoms with Crippen LogP contribution in [-0.4, -0.2) is 55.2 Å². The molecule has 0 aliphatic carbocycles. The number of amides is 1. The van der Waals surface area contributed by atoms with Gasteiger partial charge in [-0.3, -0.25) is 4.79 Å². The molecule has 1 amide bonds. The van der Waals surface area contributed by atoms with Crippen molar-refractivity contribution in [3.63, 3.8) is 0 Å². The summed E-state index contributed by atoms with van der Waals surface area (Å²) >= 11 is 5.97. The minimum absolute atomic E-state index is 0.0524. The van der Waals surface area contributed by atoms with Gasteiger partial charge in [0, 0.05) is 17.1 Å². The fourth-order valence-corrected chi connectivity index (χ4v) is 3.46. The van der Waals surface area contributed by atoms with Gasteiger partial charge < -0.3 is 19.1 Å². The number of esters is 2. The smallest absolute Gasteiger partial charge is 0.338 e. The summed E-state index contributed by atoms with van der Waals surface area (Å²) in [4.78, 5) is 38.4. The molecule has 1 aromatic carbocycles. The van der Waals surface area contributed by atoms with Gasteiger partial charge in [0.25, 0.3) is 5.91 Å². The maximum absolute atomic E-state index is 12.5. The van der Waals surface area contributed by atoms with Crippen LogP contribution in [-0.2, 0) is 23.9 Å². The van der Waals surface area contributed by atoms with Gasteiger partial charge in [-0.25, -0.2) is 9.59 Å². The predicted octanol–water partition coefficient (Wildman–Crippen LogP) is 2.60. The topological polar surface area (TPSA) is 82.1 Å². The predicted molar refractivity (Wildman–Crippen MR) is 102 cm³/mol. The number of halogens is 1. The van der Waals surface area contributed by atoms with Crippen LogP contribution in [0.25, 0.3) is 6.08 Å². The lowest BCUT2D eigenvalue weighted by Gasteiger charge is -2.33. The maximum atomic E-state index is 12.5. The second-order valence-corrected chi connectivity index (χ2v) is 7.00. The van der Waals surface area contributed by atoms with Crippen LogP contribution < -0.4 is 4.74 Å². The molecule has 0 radical (unpaired) electrons. The molecule has 7 nitrogen and oxygen atoms in total. The zero-order valence-electron chi connectivity index (χ0n) is 15.6. The lowest BCUT2D eigenvalue weighted by molar-refractivity contribution is -0.160. The van der Waals surface area contributed by atoms with E-state index in [2.05, 4.69) is 0 Å². The first-order chi connectivity index (χ1) is 13.5. The first-order valence-corrected chi connectivity index (χ1v) is 9.63. The Kier molecular flexibility index (Phi) is 6.57. The van der Waals surface area contributed by atoms with Gasteiger partial charge in [0.1, 0.15) is 18.4 Å². The van der Waals surface area contributed by atoms with E-state index < -0.39 is 30.5 Å². The van der Waals surface area contributed by atoms with Crippen molar-refractivity contribution in [2.75, 3.05) is 26.4 Å². The molecule has 1 atom stereocenters. The Morgan fingerprint density at radius 1 is 1.25 bits per heavy atom. The summed E-state index contributed by atoms with van der Waals surface area (Å²) in [7, 11) is 0. The van der Waals surface area contributed by atoms with Crippen molar-refractivity contribution in [1.29, 1.82) is 0 Å². The molecule has 2 heterocycles. The van der Waals surface area contributed by atoms with Crippen LogP contribution in [0.2, 0.25) is 5.02 Å². The number of hydrogen-bond acceptors (Lipinski definition) is 6. The molecule has 2 aliphatic rings. The summed E-state index contributed by atoms with van der Waals surface area (Å²) in [5.74, 6) is -0.836. The third-order valence-electron chi connectivity index (χ3n) is 4.66. The Labute approximate surface area is 168 Å². The largest absolute Gasteiger partial charge is 0.488 e. The van der Waals surface area contributed by atoms with Gasteiger partial charge in [-0.2, -0.15) is 0 Å². The van der Waals surface area contributed by atoms with Crippen LogP contribution in [0.4, 0.5) is 0 Å². The van der Waals surface area contributed by atoms with Crippen molar-refractivity contribution in [3.8, 4) is 5.75 Å². The van der Waals surface area contributed by atoms with E-state index in [1.165, 1.54) is 4.90 Å². The monoisotopic (exact) mass is 407 g/mol. The van der Waals surface area contributed by atoms with E-state index >= 15 is 0 Å². The Morgan fingerprint density at radius 3 is 2.86 bits per heavy atom. The molecule has 1 fully saturated rings. The molecule has 1 unspecified atom stereocenters. The van der Waals surface area contributed by atoms with Gasteiger partial charge in [-0.1, -0.05) is 11.6 Å². The number of carbonyl (C=O) groups excluding carboxylic acids is 3. The minimum atomic E-state index is -0.635. The van der Waals surface area contributed by atoms with Crippen molar-refractivity contribution >= 4 is 35.5 Å². The van der Waals surface area contributed by atoms with Crippen LogP contribution in [0.5, 0.6) is 5.75 Å². The van der Waals surface area contributed by atoms with Crippen molar-refractivity contribution < 1.29 is 28.6 Å². The van der Waals surface area contributed by atoms with E-state index in [-0.39, 0.29) is 13.2 Å². The molecule has 3 rings (SSSR count). The highest BCUT2D eigenvalue weighted by atomic mass is 35.5.